The van der Waals surface area contributed by atoms with E-state index in [1.807, 2.05) is 47.4 Å². The molecule has 3 rings (SSSR count). The zero-order valence-corrected chi connectivity index (χ0v) is 14.1. The van der Waals surface area contributed by atoms with Gasteiger partial charge in [0, 0.05) is 12.6 Å². The summed E-state index contributed by atoms with van der Waals surface area (Å²) in [6.07, 6.45) is 3.58. The first-order valence-electron chi connectivity index (χ1n) is 8.68. The molecule has 4 nitrogen and oxygen atoms in total. The molecule has 1 aliphatic heterocycles. The molecule has 0 spiro atoms. The summed E-state index contributed by atoms with van der Waals surface area (Å²) in [7, 11) is 0. The maximum atomic E-state index is 12.3. The molecule has 1 unspecified atom stereocenters. The number of nitrogens with one attached hydrogen (secondary N) is 1. The smallest absolute Gasteiger partial charge is 0.242 e. The summed E-state index contributed by atoms with van der Waals surface area (Å²) >= 11 is 0. The highest BCUT2D eigenvalue weighted by Gasteiger charge is 2.23. The molecular formula is C20H24N2O2. The Kier molecular flexibility index (Phi) is 5.14. The molecule has 1 heterocycles. The molecule has 1 N–H and O–H groups in total. The standard InChI is InChI=1S/C20H24N2O2/c1-15-7-4-5-12-22(15)20(24)14-21-19(23)13-17-10-6-9-16-8-2-3-11-18(16)17/h2-3,6,8-11,15H,4-5,7,12-14H2,1H3,(H,21,23). The average Bonchev–Trinajstić information content (AvgIpc) is 2.60. The molecule has 0 aromatic heterocycles. The first-order valence-corrected chi connectivity index (χ1v) is 8.68. The third kappa shape index (κ3) is 3.75. The van der Waals surface area contributed by atoms with E-state index in [9.17, 15) is 9.59 Å². The van der Waals surface area contributed by atoms with E-state index in [-0.39, 0.29) is 24.4 Å². The summed E-state index contributed by atoms with van der Waals surface area (Å²) in [5.41, 5.74) is 0.990. The van der Waals surface area contributed by atoms with Gasteiger partial charge in [0.2, 0.25) is 11.8 Å². The minimum Gasteiger partial charge on any atom is -0.347 e. The van der Waals surface area contributed by atoms with E-state index in [1.54, 1.807) is 0 Å². The summed E-state index contributed by atoms with van der Waals surface area (Å²) in [4.78, 5) is 26.4. The van der Waals surface area contributed by atoms with Crippen LogP contribution < -0.4 is 5.32 Å². The van der Waals surface area contributed by atoms with E-state index in [2.05, 4.69) is 12.2 Å². The summed E-state index contributed by atoms with van der Waals surface area (Å²) in [6, 6.07) is 14.3. The Bertz CT molecular complexity index is 736. The van der Waals surface area contributed by atoms with Crippen LogP contribution in [0.5, 0.6) is 0 Å². The topological polar surface area (TPSA) is 49.4 Å². The van der Waals surface area contributed by atoms with Crippen molar-refractivity contribution in [3.8, 4) is 0 Å². The van der Waals surface area contributed by atoms with E-state index >= 15 is 0 Å². The maximum absolute atomic E-state index is 12.3. The second-order valence-electron chi connectivity index (χ2n) is 6.52. The Morgan fingerprint density at radius 1 is 1.12 bits per heavy atom. The zero-order valence-electron chi connectivity index (χ0n) is 14.1. The predicted molar refractivity (Wildman–Crippen MR) is 95.7 cm³/mol. The van der Waals surface area contributed by atoms with Crippen LogP contribution in [0.1, 0.15) is 31.7 Å². The zero-order chi connectivity index (χ0) is 16.9. The van der Waals surface area contributed by atoms with Crippen LogP contribution in [-0.4, -0.2) is 35.8 Å². The molecule has 1 atom stereocenters. The van der Waals surface area contributed by atoms with Crippen LogP contribution >= 0.6 is 0 Å². The van der Waals surface area contributed by atoms with E-state index in [0.29, 0.717) is 6.42 Å². The van der Waals surface area contributed by atoms with Gasteiger partial charge in [0.05, 0.1) is 13.0 Å². The summed E-state index contributed by atoms with van der Waals surface area (Å²) in [5.74, 6) is -0.0853. The van der Waals surface area contributed by atoms with Crippen LogP contribution in [-0.2, 0) is 16.0 Å². The number of carbonyl (C=O) groups is 2. The molecule has 1 fully saturated rings. The van der Waals surface area contributed by atoms with Crippen molar-refractivity contribution in [3.63, 3.8) is 0 Å². The Morgan fingerprint density at radius 3 is 2.75 bits per heavy atom. The number of nitrogens with zero attached hydrogens (tertiary/aromatic N) is 1. The molecule has 126 valence electrons. The maximum Gasteiger partial charge on any atom is 0.242 e. The Hall–Kier alpha value is -2.36. The van der Waals surface area contributed by atoms with E-state index < -0.39 is 0 Å². The quantitative estimate of drug-likeness (QED) is 0.940. The molecule has 1 aliphatic rings. The van der Waals surface area contributed by atoms with Gasteiger partial charge in [0.15, 0.2) is 0 Å². The fourth-order valence-electron chi connectivity index (χ4n) is 3.43. The number of likely N-dealkylation sites (tertiary alicyclic amines) is 1. The van der Waals surface area contributed by atoms with Gasteiger partial charge >= 0.3 is 0 Å². The van der Waals surface area contributed by atoms with Gasteiger partial charge in [-0.3, -0.25) is 9.59 Å². The number of rotatable bonds is 4. The lowest BCUT2D eigenvalue weighted by atomic mass is 10.0. The lowest BCUT2D eigenvalue weighted by Crippen LogP contribution is -2.47. The first kappa shape index (κ1) is 16.5. The van der Waals surface area contributed by atoms with E-state index in [4.69, 9.17) is 0 Å². The minimum atomic E-state index is -0.107. The Balaban J connectivity index is 1.58. The van der Waals surface area contributed by atoms with Crippen LogP contribution in [0.25, 0.3) is 10.8 Å². The fraction of sp³-hybridized carbons (Fsp3) is 0.400. The van der Waals surface area contributed by atoms with Gasteiger partial charge in [-0.15, -0.1) is 0 Å². The molecule has 0 radical (unpaired) electrons. The molecule has 2 amide bonds. The van der Waals surface area contributed by atoms with Crippen molar-refractivity contribution in [2.75, 3.05) is 13.1 Å². The van der Waals surface area contributed by atoms with Crippen LogP contribution in [0.2, 0.25) is 0 Å². The molecule has 0 saturated carbocycles. The molecular weight excluding hydrogens is 300 g/mol. The lowest BCUT2D eigenvalue weighted by Gasteiger charge is -2.33. The summed E-state index contributed by atoms with van der Waals surface area (Å²) < 4.78 is 0. The molecule has 4 heteroatoms. The van der Waals surface area contributed by atoms with E-state index in [1.165, 1.54) is 6.42 Å². The minimum absolute atomic E-state index is 0.0217. The van der Waals surface area contributed by atoms with Gasteiger partial charge in [0.1, 0.15) is 0 Å². The van der Waals surface area contributed by atoms with Crippen molar-refractivity contribution in [1.82, 2.24) is 10.2 Å². The lowest BCUT2D eigenvalue weighted by molar-refractivity contribution is -0.135. The predicted octanol–water partition coefficient (Wildman–Crippen LogP) is 2.90. The van der Waals surface area contributed by atoms with Crippen LogP contribution in [0.15, 0.2) is 42.5 Å². The van der Waals surface area contributed by atoms with Crippen LogP contribution in [0, 0.1) is 0 Å². The molecule has 1 saturated heterocycles. The van der Waals surface area contributed by atoms with Crippen LogP contribution in [0.4, 0.5) is 0 Å². The van der Waals surface area contributed by atoms with Crippen molar-refractivity contribution in [3.05, 3.63) is 48.0 Å². The SMILES string of the molecule is CC1CCCCN1C(=O)CNC(=O)Cc1cccc2ccccc12. The number of piperidine rings is 1. The number of carbonyl (C=O) groups excluding carboxylic acids is 2. The Morgan fingerprint density at radius 2 is 1.92 bits per heavy atom. The summed E-state index contributed by atoms with van der Waals surface area (Å²) in [5, 5.41) is 5.00. The van der Waals surface area contributed by atoms with Gasteiger partial charge in [-0.25, -0.2) is 0 Å². The highest BCUT2D eigenvalue weighted by atomic mass is 16.2. The number of hydrogen-bond acceptors (Lipinski definition) is 2. The second-order valence-corrected chi connectivity index (χ2v) is 6.52. The second kappa shape index (κ2) is 7.47. The number of fused-ring (bicyclic) bond motifs is 1. The van der Waals surface area contributed by atoms with Gasteiger partial charge in [0.25, 0.3) is 0 Å². The fourth-order valence-corrected chi connectivity index (χ4v) is 3.43. The third-order valence-electron chi connectivity index (χ3n) is 4.79. The van der Waals surface area contributed by atoms with Gasteiger partial charge in [-0.05, 0) is 42.5 Å². The van der Waals surface area contributed by atoms with Gasteiger partial charge in [-0.2, -0.15) is 0 Å². The van der Waals surface area contributed by atoms with Gasteiger partial charge in [-0.1, -0.05) is 42.5 Å². The number of benzene rings is 2. The highest BCUT2D eigenvalue weighted by Crippen LogP contribution is 2.19. The highest BCUT2D eigenvalue weighted by molar-refractivity contribution is 5.91. The third-order valence-corrected chi connectivity index (χ3v) is 4.79. The van der Waals surface area contributed by atoms with Crippen molar-refractivity contribution in [2.24, 2.45) is 0 Å². The van der Waals surface area contributed by atoms with Crippen molar-refractivity contribution >= 4 is 22.6 Å². The molecule has 0 aliphatic carbocycles. The van der Waals surface area contributed by atoms with Crippen molar-refractivity contribution < 1.29 is 9.59 Å². The molecule has 24 heavy (non-hydrogen) atoms. The van der Waals surface area contributed by atoms with Crippen molar-refractivity contribution in [1.29, 1.82) is 0 Å². The van der Waals surface area contributed by atoms with E-state index in [0.717, 1.165) is 35.7 Å². The number of hydrogen-bond donors (Lipinski definition) is 1. The van der Waals surface area contributed by atoms with Crippen molar-refractivity contribution in [2.45, 2.75) is 38.6 Å². The van der Waals surface area contributed by atoms with Gasteiger partial charge < -0.3 is 10.2 Å². The monoisotopic (exact) mass is 324 g/mol. The normalized spacial score (nSPS) is 17.7. The molecule has 2 aromatic rings. The largest absolute Gasteiger partial charge is 0.347 e. The molecule has 2 aromatic carbocycles. The summed E-state index contributed by atoms with van der Waals surface area (Å²) in [6.45, 7) is 2.97. The van der Waals surface area contributed by atoms with Crippen LogP contribution in [0.3, 0.4) is 0 Å². The average molecular weight is 324 g/mol. The molecule has 0 bridgehead atoms. The number of amides is 2. The Labute approximate surface area is 142 Å². The first-order chi connectivity index (χ1) is 11.6.